The van der Waals surface area contributed by atoms with Crippen molar-refractivity contribution in [2.75, 3.05) is 26.2 Å². The summed E-state index contributed by atoms with van der Waals surface area (Å²) >= 11 is 0. The van der Waals surface area contributed by atoms with E-state index in [1.54, 1.807) is 16.9 Å². The second-order valence-corrected chi connectivity index (χ2v) is 7.36. The molecule has 1 amide bonds. The molecule has 2 aliphatic rings. The summed E-state index contributed by atoms with van der Waals surface area (Å²) in [6.07, 6.45) is 5.76. The molecule has 0 spiro atoms. The van der Waals surface area contributed by atoms with Gasteiger partial charge in [0.05, 0.1) is 12.2 Å². The molecule has 0 radical (unpaired) electrons. The number of hydrogen-bond donors (Lipinski definition) is 0. The highest BCUT2D eigenvalue weighted by atomic mass is 19.2. The van der Waals surface area contributed by atoms with Crippen LogP contribution in [0.3, 0.4) is 0 Å². The van der Waals surface area contributed by atoms with Crippen LogP contribution in [0.5, 0.6) is 0 Å². The van der Waals surface area contributed by atoms with Gasteiger partial charge in [-0.1, -0.05) is 11.3 Å². The minimum atomic E-state index is -0.826. The summed E-state index contributed by atoms with van der Waals surface area (Å²) in [4.78, 5) is 16.5. The van der Waals surface area contributed by atoms with Crippen LogP contribution < -0.4 is 0 Å². The maximum Gasteiger partial charge on any atom is 0.276 e. The molecule has 8 heteroatoms. The van der Waals surface area contributed by atoms with E-state index in [2.05, 4.69) is 15.2 Å². The molecule has 1 atom stereocenters. The van der Waals surface area contributed by atoms with Gasteiger partial charge < -0.3 is 4.90 Å². The van der Waals surface area contributed by atoms with Crippen LogP contribution >= 0.6 is 0 Å². The summed E-state index contributed by atoms with van der Waals surface area (Å²) in [5, 5.41) is 8.26. The third-order valence-electron chi connectivity index (χ3n) is 5.37. The average Bonchev–Trinajstić information content (AvgIpc) is 3.36. The van der Waals surface area contributed by atoms with Gasteiger partial charge in [-0.15, -0.1) is 5.10 Å². The topological polar surface area (TPSA) is 54.3 Å². The number of carbonyl (C=O) groups is 1. The molecule has 2 aliphatic heterocycles. The van der Waals surface area contributed by atoms with Crippen molar-refractivity contribution in [3.05, 3.63) is 47.3 Å². The molecule has 0 bridgehead atoms. The summed E-state index contributed by atoms with van der Waals surface area (Å²) in [5.74, 6) is -1.69. The SMILES string of the molecule is O=C(c1cn([C@@H]2CCCN(Cc3ccc(F)c(F)c3)C2)nn1)N1CCCC1. The van der Waals surface area contributed by atoms with Gasteiger partial charge >= 0.3 is 0 Å². The second-order valence-electron chi connectivity index (χ2n) is 7.36. The quantitative estimate of drug-likeness (QED) is 0.824. The van der Waals surface area contributed by atoms with Gasteiger partial charge in [0.2, 0.25) is 0 Å². The first-order valence-corrected chi connectivity index (χ1v) is 9.47. The van der Waals surface area contributed by atoms with Crippen LogP contribution in [-0.4, -0.2) is 56.9 Å². The van der Waals surface area contributed by atoms with Crippen molar-refractivity contribution in [2.24, 2.45) is 0 Å². The summed E-state index contributed by atoms with van der Waals surface area (Å²) in [6.45, 7) is 3.76. The molecule has 1 aromatic heterocycles. The fraction of sp³-hybridized carbons (Fsp3) is 0.526. The van der Waals surface area contributed by atoms with Crippen molar-refractivity contribution in [1.29, 1.82) is 0 Å². The van der Waals surface area contributed by atoms with E-state index in [0.29, 0.717) is 12.2 Å². The van der Waals surface area contributed by atoms with Crippen LogP contribution in [0.15, 0.2) is 24.4 Å². The smallest absolute Gasteiger partial charge is 0.276 e. The van der Waals surface area contributed by atoms with Gasteiger partial charge in [-0.3, -0.25) is 9.69 Å². The molecular weight excluding hydrogens is 352 g/mol. The normalized spacial score (nSPS) is 21.0. The molecule has 2 fully saturated rings. The van der Waals surface area contributed by atoms with Gasteiger partial charge in [-0.05, 0) is 49.9 Å². The van der Waals surface area contributed by atoms with Crippen LogP contribution in [0.2, 0.25) is 0 Å². The van der Waals surface area contributed by atoms with E-state index in [4.69, 9.17) is 0 Å². The van der Waals surface area contributed by atoms with E-state index in [1.165, 1.54) is 12.1 Å². The molecule has 1 aromatic carbocycles. The molecule has 3 heterocycles. The molecule has 0 N–H and O–H groups in total. The van der Waals surface area contributed by atoms with E-state index < -0.39 is 11.6 Å². The number of likely N-dealkylation sites (tertiary alicyclic amines) is 2. The van der Waals surface area contributed by atoms with Crippen molar-refractivity contribution in [1.82, 2.24) is 24.8 Å². The van der Waals surface area contributed by atoms with Crippen LogP contribution in [0.25, 0.3) is 0 Å². The van der Waals surface area contributed by atoms with E-state index in [0.717, 1.165) is 57.4 Å². The van der Waals surface area contributed by atoms with Crippen molar-refractivity contribution < 1.29 is 13.6 Å². The number of piperidine rings is 1. The molecule has 0 unspecified atom stereocenters. The predicted octanol–water partition coefficient (Wildman–Crippen LogP) is 2.63. The molecular formula is C19H23F2N5O. The van der Waals surface area contributed by atoms with E-state index in [9.17, 15) is 13.6 Å². The lowest BCUT2D eigenvalue weighted by atomic mass is 10.0. The van der Waals surface area contributed by atoms with Crippen LogP contribution in [0, 0.1) is 11.6 Å². The number of hydrogen-bond acceptors (Lipinski definition) is 4. The molecule has 0 saturated carbocycles. The van der Waals surface area contributed by atoms with E-state index >= 15 is 0 Å². The van der Waals surface area contributed by atoms with Crippen LogP contribution in [0.1, 0.15) is 47.8 Å². The Hall–Kier alpha value is -2.35. The Bertz CT molecular complexity index is 818. The summed E-state index contributed by atoms with van der Waals surface area (Å²) in [7, 11) is 0. The largest absolute Gasteiger partial charge is 0.337 e. The number of carbonyl (C=O) groups excluding carboxylic acids is 1. The van der Waals surface area contributed by atoms with E-state index in [-0.39, 0.29) is 11.9 Å². The molecule has 27 heavy (non-hydrogen) atoms. The lowest BCUT2D eigenvalue weighted by Crippen LogP contribution is -2.36. The average molecular weight is 375 g/mol. The third-order valence-corrected chi connectivity index (χ3v) is 5.37. The van der Waals surface area contributed by atoms with Gasteiger partial charge in [0, 0.05) is 26.2 Å². The number of amides is 1. The zero-order chi connectivity index (χ0) is 18.8. The van der Waals surface area contributed by atoms with Gasteiger partial charge in [0.15, 0.2) is 17.3 Å². The van der Waals surface area contributed by atoms with Crippen molar-refractivity contribution >= 4 is 5.91 Å². The summed E-state index contributed by atoms with van der Waals surface area (Å²) in [5.41, 5.74) is 1.15. The zero-order valence-corrected chi connectivity index (χ0v) is 15.2. The Morgan fingerprint density at radius 3 is 2.70 bits per heavy atom. The molecule has 6 nitrogen and oxygen atoms in total. The Morgan fingerprint density at radius 1 is 1.11 bits per heavy atom. The maximum atomic E-state index is 13.4. The molecule has 2 saturated heterocycles. The standard InChI is InChI=1S/C19H23F2N5O/c20-16-6-5-14(10-17(16)21)11-24-7-3-4-15(12-24)26-13-18(22-23-26)19(27)25-8-1-2-9-25/h5-6,10,13,15H,1-4,7-9,11-12H2/t15-/m1/s1. The lowest BCUT2D eigenvalue weighted by molar-refractivity contribution is 0.0787. The minimum absolute atomic E-state index is 0.0480. The van der Waals surface area contributed by atoms with Gasteiger partial charge in [-0.2, -0.15) is 0 Å². The number of halogens is 2. The van der Waals surface area contributed by atoms with Crippen molar-refractivity contribution in [3.63, 3.8) is 0 Å². The first-order chi connectivity index (χ1) is 13.1. The zero-order valence-electron chi connectivity index (χ0n) is 15.2. The fourth-order valence-corrected chi connectivity index (χ4v) is 3.92. The van der Waals surface area contributed by atoms with Gasteiger partial charge in [0.1, 0.15) is 0 Å². The molecule has 144 valence electrons. The number of benzene rings is 1. The van der Waals surface area contributed by atoms with Gasteiger partial charge in [-0.25, -0.2) is 13.5 Å². The third kappa shape index (κ3) is 4.00. The summed E-state index contributed by atoms with van der Waals surface area (Å²) < 4.78 is 28.3. The fourth-order valence-electron chi connectivity index (χ4n) is 3.92. The minimum Gasteiger partial charge on any atom is -0.337 e. The second kappa shape index (κ2) is 7.72. The molecule has 2 aromatic rings. The first kappa shape index (κ1) is 18.0. The highest BCUT2D eigenvalue weighted by Gasteiger charge is 2.26. The number of nitrogens with zero attached hydrogens (tertiary/aromatic N) is 5. The Labute approximate surface area is 156 Å². The Kier molecular flexibility index (Phi) is 5.15. The van der Waals surface area contributed by atoms with E-state index in [1.807, 2.05) is 4.90 Å². The highest BCUT2D eigenvalue weighted by molar-refractivity contribution is 5.92. The van der Waals surface area contributed by atoms with Crippen molar-refractivity contribution in [3.8, 4) is 0 Å². The predicted molar refractivity (Wildman–Crippen MR) is 95.1 cm³/mol. The number of rotatable bonds is 4. The summed E-state index contributed by atoms with van der Waals surface area (Å²) in [6, 6.07) is 4.15. The van der Waals surface area contributed by atoms with Gasteiger partial charge in [0.25, 0.3) is 5.91 Å². The number of aromatic nitrogens is 3. The van der Waals surface area contributed by atoms with Crippen LogP contribution in [0.4, 0.5) is 8.78 Å². The lowest BCUT2D eigenvalue weighted by Gasteiger charge is -2.32. The first-order valence-electron chi connectivity index (χ1n) is 9.47. The molecule has 4 rings (SSSR count). The van der Waals surface area contributed by atoms with Crippen LogP contribution in [-0.2, 0) is 6.54 Å². The monoisotopic (exact) mass is 375 g/mol. The Morgan fingerprint density at radius 2 is 1.93 bits per heavy atom. The molecule has 0 aliphatic carbocycles. The maximum absolute atomic E-state index is 13.4. The highest BCUT2D eigenvalue weighted by Crippen LogP contribution is 2.23. The van der Waals surface area contributed by atoms with Crippen molar-refractivity contribution in [2.45, 2.75) is 38.3 Å². The Balaban J connectivity index is 1.40.